The number of aliphatic carboxylic acids is 1. The number of aryl methyl sites for hydroxylation is 1. The van der Waals surface area contributed by atoms with Crippen molar-refractivity contribution in [3.8, 4) is 0 Å². The summed E-state index contributed by atoms with van der Waals surface area (Å²) in [4.78, 5) is 25.5. The lowest BCUT2D eigenvalue weighted by atomic mass is 9.82. The number of methoxy groups -OCH3 is 1. The van der Waals surface area contributed by atoms with Crippen LogP contribution >= 0.6 is 0 Å². The molecule has 0 aromatic heterocycles. The van der Waals surface area contributed by atoms with Crippen molar-refractivity contribution in [3.63, 3.8) is 0 Å². The van der Waals surface area contributed by atoms with Crippen molar-refractivity contribution < 1.29 is 19.4 Å². The molecule has 1 N–H and O–H groups in total. The Morgan fingerprint density at radius 3 is 2.76 bits per heavy atom. The average Bonchev–Trinajstić information content (AvgIpc) is 2.46. The summed E-state index contributed by atoms with van der Waals surface area (Å²) in [5.41, 5.74) is 1.92. The van der Waals surface area contributed by atoms with E-state index < -0.39 is 17.9 Å². The van der Waals surface area contributed by atoms with Gasteiger partial charge >= 0.3 is 5.97 Å². The van der Waals surface area contributed by atoms with E-state index in [9.17, 15) is 14.7 Å². The highest BCUT2D eigenvalue weighted by Gasteiger charge is 2.40. The summed E-state index contributed by atoms with van der Waals surface area (Å²) in [6.45, 7) is 2.76. The second-order valence-corrected chi connectivity index (χ2v) is 5.36. The lowest BCUT2D eigenvalue weighted by Gasteiger charge is -2.40. The first kappa shape index (κ1) is 15.5. The maximum absolute atomic E-state index is 12.2. The molecule has 0 spiro atoms. The van der Waals surface area contributed by atoms with Gasteiger partial charge in [-0.15, -0.1) is 0 Å². The van der Waals surface area contributed by atoms with Crippen molar-refractivity contribution in [3.05, 3.63) is 35.4 Å². The number of hydrogen-bond donors (Lipinski definition) is 1. The molecule has 0 unspecified atom stereocenters. The largest absolute Gasteiger partial charge is 0.481 e. The Bertz CT molecular complexity index is 529. The highest BCUT2D eigenvalue weighted by atomic mass is 16.5. The summed E-state index contributed by atoms with van der Waals surface area (Å²) in [6.07, 6.45) is 0.666. The van der Waals surface area contributed by atoms with E-state index in [4.69, 9.17) is 4.74 Å². The first-order valence-corrected chi connectivity index (χ1v) is 7.13. The van der Waals surface area contributed by atoms with E-state index in [1.165, 1.54) is 0 Å². The Balaban J connectivity index is 2.41. The number of amides is 1. The van der Waals surface area contributed by atoms with E-state index in [0.29, 0.717) is 19.6 Å². The fraction of sp³-hybridized carbons (Fsp3) is 0.500. The summed E-state index contributed by atoms with van der Waals surface area (Å²) >= 11 is 0. The van der Waals surface area contributed by atoms with Crippen LogP contribution in [0.25, 0.3) is 0 Å². The third kappa shape index (κ3) is 3.24. The number of carbonyl (C=O) groups excluding carboxylic acids is 1. The number of nitrogens with zero attached hydrogens (tertiary/aromatic N) is 1. The Morgan fingerprint density at radius 1 is 1.43 bits per heavy atom. The minimum atomic E-state index is -0.849. The molecule has 1 amide bonds. The van der Waals surface area contributed by atoms with E-state index in [1.54, 1.807) is 12.0 Å². The Labute approximate surface area is 124 Å². The maximum Gasteiger partial charge on any atom is 0.308 e. The molecule has 0 saturated carbocycles. The monoisotopic (exact) mass is 291 g/mol. The summed E-state index contributed by atoms with van der Waals surface area (Å²) in [5, 5.41) is 9.52. The van der Waals surface area contributed by atoms with E-state index in [1.807, 2.05) is 31.2 Å². The van der Waals surface area contributed by atoms with E-state index in [2.05, 4.69) is 0 Å². The number of hydrogen-bond acceptors (Lipinski definition) is 3. The van der Waals surface area contributed by atoms with E-state index in [0.717, 1.165) is 11.1 Å². The molecule has 1 aliphatic heterocycles. The standard InChI is InChI=1S/C16H21NO4/c1-11-5-3-4-6-12(11)15-13(16(19)20)7-8-14(18)17(15)9-10-21-2/h3-6,13,15H,7-10H2,1-2H3,(H,19,20)/t13-,15+/m0/s1. The zero-order valence-electron chi connectivity index (χ0n) is 12.4. The number of carboxylic acids is 1. The molecule has 2 atom stereocenters. The quantitative estimate of drug-likeness (QED) is 0.901. The van der Waals surface area contributed by atoms with Gasteiger partial charge < -0.3 is 14.7 Å². The van der Waals surface area contributed by atoms with Crippen LogP contribution in [0.4, 0.5) is 0 Å². The molecule has 1 fully saturated rings. The number of carbonyl (C=O) groups is 2. The van der Waals surface area contributed by atoms with Gasteiger partial charge in [0, 0.05) is 20.1 Å². The van der Waals surface area contributed by atoms with Crippen LogP contribution in [0.1, 0.15) is 30.0 Å². The summed E-state index contributed by atoms with van der Waals surface area (Å²) in [5.74, 6) is -1.42. The van der Waals surface area contributed by atoms with Crippen molar-refractivity contribution in [2.24, 2.45) is 5.92 Å². The van der Waals surface area contributed by atoms with Crippen LogP contribution in [0, 0.1) is 12.8 Å². The molecular weight excluding hydrogens is 270 g/mol. The van der Waals surface area contributed by atoms with E-state index in [-0.39, 0.29) is 12.3 Å². The zero-order chi connectivity index (χ0) is 15.4. The number of benzene rings is 1. The van der Waals surface area contributed by atoms with Gasteiger partial charge in [0.05, 0.1) is 18.6 Å². The van der Waals surface area contributed by atoms with Gasteiger partial charge in [-0.1, -0.05) is 24.3 Å². The number of rotatable bonds is 5. The molecule has 1 aromatic carbocycles. The molecular formula is C16H21NO4. The van der Waals surface area contributed by atoms with Gasteiger partial charge in [0.1, 0.15) is 0 Å². The third-order valence-corrected chi connectivity index (χ3v) is 4.07. The molecule has 114 valence electrons. The van der Waals surface area contributed by atoms with Crippen molar-refractivity contribution in [1.29, 1.82) is 0 Å². The van der Waals surface area contributed by atoms with Crippen LogP contribution in [0.2, 0.25) is 0 Å². The van der Waals surface area contributed by atoms with Gasteiger partial charge in [0.25, 0.3) is 0 Å². The van der Waals surface area contributed by atoms with Crippen LogP contribution in [0.5, 0.6) is 0 Å². The molecule has 5 heteroatoms. The lowest BCUT2D eigenvalue weighted by molar-refractivity contribution is -0.152. The van der Waals surface area contributed by atoms with Gasteiger partial charge in [-0.2, -0.15) is 0 Å². The minimum Gasteiger partial charge on any atom is -0.481 e. The number of carboxylic acid groups (broad SMARTS) is 1. The first-order chi connectivity index (χ1) is 10.1. The maximum atomic E-state index is 12.2. The lowest BCUT2D eigenvalue weighted by Crippen LogP contribution is -2.46. The Kier molecular flexibility index (Phi) is 4.96. The molecule has 5 nitrogen and oxygen atoms in total. The molecule has 0 radical (unpaired) electrons. The van der Waals surface area contributed by atoms with Crippen LogP contribution in [-0.4, -0.2) is 42.1 Å². The number of ether oxygens (including phenoxy) is 1. The Hall–Kier alpha value is -1.88. The predicted molar refractivity (Wildman–Crippen MR) is 77.9 cm³/mol. The summed E-state index contributed by atoms with van der Waals surface area (Å²) in [7, 11) is 1.58. The van der Waals surface area contributed by atoms with Crippen molar-refractivity contribution >= 4 is 11.9 Å². The SMILES string of the molecule is COCCN1C(=O)CC[C@H](C(=O)O)[C@H]1c1ccccc1C. The van der Waals surface area contributed by atoms with Crippen LogP contribution in [-0.2, 0) is 14.3 Å². The third-order valence-electron chi connectivity index (χ3n) is 4.07. The molecule has 1 heterocycles. The van der Waals surface area contributed by atoms with Crippen LogP contribution < -0.4 is 0 Å². The Morgan fingerprint density at radius 2 is 2.14 bits per heavy atom. The molecule has 2 rings (SSSR count). The van der Waals surface area contributed by atoms with Gasteiger partial charge in [0.2, 0.25) is 5.91 Å². The fourth-order valence-corrected chi connectivity index (χ4v) is 2.97. The average molecular weight is 291 g/mol. The minimum absolute atomic E-state index is 0.00203. The van der Waals surface area contributed by atoms with Crippen molar-refractivity contribution in [2.45, 2.75) is 25.8 Å². The smallest absolute Gasteiger partial charge is 0.308 e. The number of likely N-dealkylation sites (tertiary alicyclic amines) is 1. The normalized spacial score (nSPS) is 22.4. The highest BCUT2D eigenvalue weighted by Crippen LogP contribution is 2.38. The molecule has 1 aromatic rings. The highest BCUT2D eigenvalue weighted by molar-refractivity contribution is 5.82. The van der Waals surface area contributed by atoms with Gasteiger partial charge in [0.15, 0.2) is 0 Å². The second kappa shape index (κ2) is 6.72. The van der Waals surface area contributed by atoms with Crippen molar-refractivity contribution in [2.75, 3.05) is 20.3 Å². The van der Waals surface area contributed by atoms with E-state index >= 15 is 0 Å². The number of piperidine rings is 1. The molecule has 21 heavy (non-hydrogen) atoms. The first-order valence-electron chi connectivity index (χ1n) is 7.13. The van der Waals surface area contributed by atoms with Crippen LogP contribution in [0.3, 0.4) is 0 Å². The second-order valence-electron chi connectivity index (χ2n) is 5.36. The zero-order valence-corrected chi connectivity index (χ0v) is 12.4. The van der Waals surface area contributed by atoms with Crippen LogP contribution in [0.15, 0.2) is 24.3 Å². The predicted octanol–water partition coefficient (Wildman–Crippen LogP) is 2.01. The molecule has 0 aliphatic carbocycles. The van der Waals surface area contributed by atoms with Gasteiger partial charge in [-0.25, -0.2) is 0 Å². The van der Waals surface area contributed by atoms with Gasteiger partial charge in [-0.05, 0) is 24.5 Å². The molecule has 0 bridgehead atoms. The fourth-order valence-electron chi connectivity index (χ4n) is 2.97. The topological polar surface area (TPSA) is 66.8 Å². The molecule has 1 aliphatic rings. The summed E-state index contributed by atoms with van der Waals surface area (Å²) in [6, 6.07) is 7.24. The van der Waals surface area contributed by atoms with Crippen molar-refractivity contribution in [1.82, 2.24) is 4.90 Å². The summed E-state index contributed by atoms with van der Waals surface area (Å²) < 4.78 is 5.06. The van der Waals surface area contributed by atoms with Gasteiger partial charge in [-0.3, -0.25) is 9.59 Å². The molecule has 1 saturated heterocycles.